The van der Waals surface area contributed by atoms with Crippen LogP contribution in [-0.2, 0) is 16.0 Å². The maximum absolute atomic E-state index is 13.1. The molecule has 2 N–H and O–H groups in total. The molecule has 2 aromatic carbocycles. The zero-order valence-corrected chi connectivity index (χ0v) is 19.0. The second-order valence-corrected chi connectivity index (χ2v) is 8.37. The van der Waals surface area contributed by atoms with E-state index in [1.165, 1.54) is 24.3 Å². The van der Waals surface area contributed by atoms with Crippen molar-refractivity contribution in [3.05, 3.63) is 94.5 Å². The molecule has 1 amide bonds. The monoisotopic (exact) mass is 476 g/mol. The number of aliphatic hydroxyl groups is 1. The highest BCUT2D eigenvalue weighted by molar-refractivity contribution is 6.46. The lowest BCUT2D eigenvalue weighted by Gasteiger charge is -2.23. The average Bonchev–Trinajstić information content (AvgIpc) is 3.57. The molecule has 1 atom stereocenters. The Morgan fingerprint density at radius 3 is 2.76 bits per heavy atom. The van der Waals surface area contributed by atoms with Gasteiger partial charge in [-0.25, -0.2) is 0 Å². The minimum absolute atomic E-state index is 0.0387. The Kier molecular flexibility index (Phi) is 5.63. The van der Waals surface area contributed by atoms with Gasteiger partial charge in [0.1, 0.15) is 23.3 Å². The van der Waals surface area contributed by atoms with Crippen molar-refractivity contribution >= 4 is 40.0 Å². The van der Waals surface area contributed by atoms with Crippen LogP contribution >= 0.6 is 11.6 Å². The molecule has 1 saturated heterocycles. The molecular formula is C26H21ClN2O5. The number of benzene rings is 2. The van der Waals surface area contributed by atoms with Crippen LogP contribution in [0, 0.1) is 0 Å². The van der Waals surface area contributed by atoms with E-state index in [9.17, 15) is 14.7 Å². The molecule has 8 heteroatoms. The van der Waals surface area contributed by atoms with Gasteiger partial charge in [-0.3, -0.25) is 9.59 Å². The number of amides is 1. The molecule has 172 valence electrons. The van der Waals surface area contributed by atoms with Gasteiger partial charge >= 0.3 is 0 Å². The van der Waals surface area contributed by atoms with Crippen molar-refractivity contribution in [3.8, 4) is 5.75 Å². The molecule has 34 heavy (non-hydrogen) atoms. The maximum atomic E-state index is 13.1. The van der Waals surface area contributed by atoms with Gasteiger partial charge < -0.3 is 24.1 Å². The third-order valence-corrected chi connectivity index (χ3v) is 6.39. The maximum Gasteiger partial charge on any atom is 0.295 e. The summed E-state index contributed by atoms with van der Waals surface area (Å²) in [5.74, 6) is -1.05. The van der Waals surface area contributed by atoms with Gasteiger partial charge in [-0.05, 0) is 48.4 Å². The Bertz CT molecular complexity index is 1420. The Morgan fingerprint density at radius 2 is 2.00 bits per heavy atom. The van der Waals surface area contributed by atoms with Crippen LogP contribution in [0.25, 0.3) is 16.7 Å². The highest BCUT2D eigenvalue weighted by Gasteiger charge is 2.47. The molecule has 0 bridgehead atoms. The van der Waals surface area contributed by atoms with E-state index in [2.05, 4.69) is 4.98 Å². The minimum Gasteiger partial charge on any atom is -0.507 e. The van der Waals surface area contributed by atoms with Gasteiger partial charge in [0.15, 0.2) is 0 Å². The highest BCUT2D eigenvalue weighted by Crippen LogP contribution is 2.40. The van der Waals surface area contributed by atoms with Crippen molar-refractivity contribution in [1.29, 1.82) is 0 Å². The van der Waals surface area contributed by atoms with Crippen molar-refractivity contribution in [2.75, 3.05) is 13.7 Å². The van der Waals surface area contributed by atoms with E-state index in [0.29, 0.717) is 28.5 Å². The molecule has 0 aliphatic carbocycles. The number of halogens is 1. The van der Waals surface area contributed by atoms with Gasteiger partial charge in [0.05, 0.1) is 24.0 Å². The summed E-state index contributed by atoms with van der Waals surface area (Å²) in [7, 11) is 1.46. The Morgan fingerprint density at radius 1 is 1.18 bits per heavy atom. The number of ether oxygens (including phenoxy) is 1. The number of furan rings is 1. The molecule has 5 rings (SSSR count). The number of carbonyl (C=O) groups excluding carboxylic acids is 2. The van der Waals surface area contributed by atoms with E-state index < -0.39 is 17.7 Å². The molecule has 0 radical (unpaired) electrons. The number of nitrogens with one attached hydrogen (secondary N) is 1. The van der Waals surface area contributed by atoms with Gasteiger partial charge in [0.2, 0.25) is 0 Å². The Hall–Kier alpha value is -3.97. The predicted molar refractivity (Wildman–Crippen MR) is 128 cm³/mol. The summed E-state index contributed by atoms with van der Waals surface area (Å²) in [5.41, 5.74) is 2.30. The lowest BCUT2D eigenvalue weighted by atomic mass is 9.99. The molecule has 2 aromatic heterocycles. The van der Waals surface area contributed by atoms with E-state index >= 15 is 0 Å². The van der Waals surface area contributed by atoms with Crippen LogP contribution in [0.1, 0.15) is 22.9 Å². The fourth-order valence-electron chi connectivity index (χ4n) is 4.40. The first-order valence-electron chi connectivity index (χ1n) is 10.7. The molecule has 1 aliphatic rings. The fourth-order valence-corrected chi connectivity index (χ4v) is 4.59. The lowest BCUT2D eigenvalue weighted by molar-refractivity contribution is -0.140. The van der Waals surface area contributed by atoms with Crippen molar-refractivity contribution < 1.29 is 23.8 Å². The summed E-state index contributed by atoms with van der Waals surface area (Å²) in [5, 5.41) is 12.6. The zero-order chi connectivity index (χ0) is 23.8. The van der Waals surface area contributed by atoms with Gasteiger partial charge in [-0.2, -0.15) is 0 Å². The first kappa shape index (κ1) is 21.9. The van der Waals surface area contributed by atoms with Crippen molar-refractivity contribution in [1.82, 2.24) is 9.88 Å². The molecule has 7 nitrogen and oxygen atoms in total. The number of rotatable bonds is 6. The summed E-state index contributed by atoms with van der Waals surface area (Å²) in [4.78, 5) is 30.9. The number of nitrogens with zero attached hydrogens (tertiary/aromatic N) is 1. The average molecular weight is 477 g/mol. The molecular weight excluding hydrogens is 456 g/mol. The van der Waals surface area contributed by atoms with E-state index in [1.54, 1.807) is 24.3 Å². The number of hydrogen-bond donors (Lipinski definition) is 2. The summed E-state index contributed by atoms with van der Waals surface area (Å²) >= 11 is 6.11. The summed E-state index contributed by atoms with van der Waals surface area (Å²) < 4.78 is 10.8. The molecule has 1 aliphatic heterocycles. The van der Waals surface area contributed by atoms with Crippen LogP contribution in [0.4, 0.5) is 0 Å². The molecule has 0 spiro atoms. The number of ketones is 1. The fraction of sp³-hybridized carbons (Fsp3) is 0.154. The van der Waals surface area contributed by atoms with Crippen molar-refractivity contribution in [2.24, 2.45) is 0 Å². The third-order valence-electron chi connectivity index (χ3n) is 6.07. The number of methoxy groups -OCH3 is 1. The lowest BCUT2D eigenvalue weighted by Crippen LogP contribution is -2.31. The van der Waals surface area contributed by atoms with E-state index in [-0.39, 0.29) is 17.9 Å². The number of aromatic amines is 1. The van der Waals surface area contributed by atoms with Crippen molar-refractivity contribution in [3.63, 3.8) is 0 Å². The standard InChI is InChI=1S/C26H21ClN2O5/c1-33-21-13-15(8-9-18(21)27)24(30)22-23(20-7-4-12-34-20)29(26(32)25(22)31)11-10-16-14-28-19-6-3-2-5-17(16)19/h2-9,12-14,23,28,30H,10-11H2,1H3/b24-22-. The van der Waals surface area contributed by atoms with Gasteiger partial charge in [0, 0.05) is 29.2 Å². The highest BCUT2D eigenvalue weighted by atomic mass is 35.5. The Labute approximate surface area is 200 Å². The largest absolute Gasteiger partial charge is 0.507 e. The molecule has 4 aromatic rings. The summed E-state index contributed by atoms with van der Waals surface area (Å²) in [6.45, 7) is 0.262. The topological polar surface area (TPSA) is 95.8 Å². The number of hydrogen-bond acceptors (Lipinski definition) is 5. The van der Waals surface area contributed by atoms with E-state index in [0.717, 1.165) is 16.5 Å². The third kappa shape index (κ3) is 3.64. The van der Waals surface area contributed by atoms with Gasteiger partial charge in [-0.1, -0.05) is 29.8 Å². The quantitative estimate of drug-likeness (QED) is 0.229. The number of aromatic nitrogens is 1. The molecule has 0 saturated carbocycles. The molecule has 1 fully saturated rings. The van der Waals surface area contributed by atoms with E-state index in [4.69, 9.17) is 20.8 Å². The number of Topliss-reactive ketones (excluding diaryl/α,β-unsaturated/α-hetero) is 1. The van der Waals surface area contributed by atoms with E-state index in [1.807, 2.05) is 30.5 Å². The summed E-state index contributed by atoms with van der Waals surface area (Å²) in [6, 6.07) is 15.0. The smallest absolute Gasteiger partial charge is 0.295 e. The Balaban J connectivity index is 1.54. The number of H-pyrrole nitrogens is 1. The second-order valence-electron chi connectivity index (χ2n) is 7.97. The predicted octanol–water partition coefficient (Wildman–Crippen LogP) is 5.09. The van der Waals surface area contributed by atoms with Crippen LogP contribution in [0.2, 0.25) is 5.02 Å². The van der Waals surface area contributed by atoms with Crippen LogP contribution < -0.4 is 4.74 Å². The van der Waals surface area contributed by atoms with Crippen molar-refractivity contribution in [2.45, 2.75) is 12.5 Å². The second kappa shape index (κ2) is 8.76. The first-order valence-corrected chi connectivity index (χ1v) is 11.1. The van der Waals surface area contributed by atoms with Gasteiger partial charge in [-0.15, -0.1) is 0 Å². The number of carbonyl (C=O) groups is 2. The zero-order valence-electron chi connectivity index (χ0n) is 18.2. The van der Waals surface area contributed by atoms with Crippen LogP contribution in [0.5, 0.6) is 5.75 Å². The molecule has 1 unspecified atom stereocenters. The minimum atomic E-state index is -0.859. The number of likely N-dealkylation sites (tertiary alicyclic amines) is 1. The normalized spacial score (nSPS) is 17.6. The molecule has 3 heterocycles. The first-order chi connectivity index (χ1) is 16.5. The van der Waals surface area contributed by atoms with Crippen LogP contribution in [-0.4, -0.2) is 40.3 Å². The summed E-state index contributed by atoms with van der Waals surface area (Å²) in [6.07, 6.45) is 3.90. The van der Waals surface area contributed by atoms with Crippen LogP contribution in [0.3, 0.4) is 0 Å². The van der Waals surface area contributed by atoms with Crippen LogP contribution in [0.15, 0.2) is 77.0 Å². The number of para-hydroxylation sites is 1. The van der Waals surface area contributed by atoms with Gasteiger partial charge in [0.25, 0.3) is 11.7 Å². The number of aliphatic hydroxyl groups excluding tert-OH is 1. The SMILES string of the molecule is COc1cc(/C(O)=C2/C(=O)C(=O)N(CCc3c[nH]c4ccccc34)C2c2ccco2)ccc1Cl. The number of fused-ring (bicyclic) bond motifs is 1.